The molecular formula is C17H14N2OS. The molecule has 3 aromatic rings. The van der Waals surface area contributed by atoms with Gasteiger partial charge in [-0.3, -0.25) is 0 Å². The summed E-state index contributed by atoms with van der Waals surface area (Å²) >= 11 is 1.47. The summed E-state index contributed by atoms with van der Waals surface area (Å²) in [7, 11) is 0. The fraction of sp³-hybridized carbons (Fsp3) is 0.0588. The van der Waals surface area contributed by atoms with E-state index in [1.54, 1.807) is 0 Å². The molecule has 1 aromatic heterocycles. The minimum absolute atomic E-state index is 0.508. The highest BCUT2D eigenvalue weighted by Gasteiger charge is 2.05. The molecule has 0 N–H and O–H groups in total. The van der Waals surface area contributed by atoms with Crippen molar-refractivity contribution in [2.45, 2.75) is 17.0 Å². The van der Waals surface area contributed by atoms with Crippen molar-refractivity contribution in [1.29, 1.82) is 0 Å². The van der Waals surface area contributed by atoms with Crippen molar-refractivity contribution < 1.29 is 4.42 Å². The third kappa shape index (κ3) is 3.83. The number of hydrogen-bond acceptors (Lipinski definition) is 4. The first kappa shape index (κ1) is 13.6. The van der Waals surface area contributed by atoms with Crippen LogP contribution >= 0.6 is 11.8 Å². The van der Waals surface area contributed by atoms with Crippen molar-refractivity contribution in [3.8, 4) is 0 Å². The largest absolute Gasteiger partial charge is 0.412 e. The Labute approximate surface area is 127 Å². The van der Waals surface area contributed by atoms with Gasteiger partial charge in [0.1, 0.15) is 0 Å². The quantitative estimate of drug-likeness (QED) is 0.699. The van der Waals surface area contributed by atoms with Gasteiger partial charge >= 0.3 is 0 Å². The third-order valence-corrected chi connectivity index (χ3v) is 3.66. The highest BCUT2D eigenvalue weighted by Crippen LogP contribution is 2.27. The van der Waals surface area contributed by atoms with Crippen LogP contribution in [0.15, 0.2) is 69.1 Å². The summed E-state index contributed by atoms with van der Waals surface area (Å²) in [6, 6.07) is 18.2. The summed E-state index contributed by atoms with van der Waals surface area (Å²) in [4.78, 5) is 1.09. The topological polar surface area (TPSA) is 38.9 Å². The fourth-order valence-electron chi connectivity index (χ4n) is 1.84. The molecule has 0 aliphatic rings. The molecule has 0 atom stereocenters. The summed E-state index contributed by atoms with van der Waals surface area (Å²) < 4.78 is 5.60. The van der Waals surface area contributed by atoms with Crippen LogP contribution < -0.4 is 0 Å². The van der Waals surface area contributed by atoms with Gasteiger partial charge in [0.15, 0.2) is 0 Å². The van der Waals surface area contributed by atoms with Crippen molar-refractivity contribution in [3.63, 3.8) is 0 Å². The van der Waals surface area contributed by atoms with Crippen LogP contribution in [0.25, 0.3) is 12.2 Å². The van der Waals surface area contributed by atoms with E-state index in [1.807, 2.05) is 54.6 Å². The molecule has 0 aliphatic heterocycles. The van der Waals surface area contributed by atoms with E-state index in [0.717, 1.165) is 10.5 Å². The monoisotopic (exact) mass is 294 g/mol. The van der Waals surface area contributed by atoms with Crippen molar-refractivity contribution in [2.24, 2.45) is 0 Å². The van der Waals surface area contributed by atoms with Crippen LogP contribution in [0, 0.1) is 6.92 Å². The molecule has 0 saturated heterocycles. The Morgan fingerprint density at radius 2 is 1.81 bits per heavy atom. The van der Waals surface area contributed by atoms with Crippen LogP contribution in [0.1, 0.15) is 17.0 Å². The first-order valence-corrected chi connectivity index (χ1v) is 7.42. The van der Waals surface area contributed by atoms with Gasteiger partial charge in [0, 0.05) is 11.0 Å². The van der Waals surface area contributed by atoms with E-state index in [1.165, 1.54) is 17.3 Å². The molecule has 0 bridgehead atoms. The molecule has 4 heteroatoms. The first-order valence-electron chi connectivity index (χ1n) is 6.61. The average Bonchev–Trinajstić information content (AvgIpc) is 2.94. The van der Waals surface area contributed by atoms with Crippen LogP contribution in [0.2, 0.25) is 0 Å². The smallest absolute Gasteiger partial charge is 0.281 e. The maximum Gasteiger partial charge on any atom is 0.281 e. The zero-order valence-electron chi connectivity index (χ0n) is 11.6. The van der Waals surface area contributed by atoms with E-state index in [9.17, 15) is 0 Å². The van der Waals surface area contributed by atoms with Crippen LogP contribution in [-0.4, -0.2) is 10.2 Å². The average molecular weight is 294 g/mol. The highest BCUT2D eigenvalue weighted by atomic mass is 32.2. The van der Waals surface area contributed by atoms with Gasteiger partial charge in [0.25, 0.3) is 5.22 Å². The Morgan fingerprint density at radius 1 is 0.952 bits per heavy atom. The standard InChI is InChI=1S/C17H14N2OS/c1-13-6-5-9-15(12-13)21-17-19-18-16(20-17)11-10-14-7-3-2-4-8-14/h2-12H,1H3/b11-10+. The molecule has 0 amide bonds. The Hall–Kier alpha value is -2.33. The lowest BCUT2D eigenvalue weighted by atomic mass is 10.2. The molecule has 21 heavy (non-hydrogen) atoms. The Kier molecular flexibility index (Phi) is 4.17. The molecule has 0 aliphatic carbocycles. The van der Waals surface area contributed by atoms with Crippen LogP contribution in [0.3, 0.4) is 0 Å². The summed E-state index contributed by atoms with van der Waals surface area (Å²) in [5.74, 6) is 0.508. The third-order valence-electron chi connectivity index (χ3n) is 2.83. The van der Waals surface area contributed by atoms with Gasteiger partial charge < -0.3 is 4.42 Å². The molecule has 104 valence electrons. The van der Waals surface area contributed by atoms with E-state index >= 15 is 0 Å². The van der Waals surface area contributed by atoms with E-state index in [0.29, 0.717) is 11.1 Å². The molecule has 2 aromatic carbocycles. The predicted molar refractivity (Wildman–Crippen MR) is 85.0 cm³/mol. The summed E-state index contributed by atoms with van der Waals surface area (Å²) in [5.41, 5.74) is 2.31. The lowest BCUT2D eigenvalue weighted by Gasteiger charge is -1.97. The van der Waals surface area contributed by atoms with Gasteiger partial charge in [-0.15, -0.1) is 10.2 Å². The number of aryl methyl sites for hydroxylation is 1. The van der Waals surface area contributed by atoms with Crippen LogP contribution in [-0.2, 0) is 0 Å². The van der Waals surface area contributed by atoms with Crippen molar-refractivity contribution in [1.82, 2.24) is 10.2 Å². The highest BCUT2D eigenvalue weighted by molar-refractivity contribution is 7.99. The van der Waals surface area contributed by atoms with Gasteiger partial charge in [-0.25, -0.2) is 0 Å². The van der Waals surface area contributed by atoms with Crippen LogP contribution in [0.5, 0.6) is 0 Å². The van der Waals surface area contributed by atoms with Crippen molar-refractivity contribution in [3.05, 3.63) is 71.6 Å². The lowest BCUT2D eigenvalue weighted by Crippen LogP contribution is -1.75. The van der Waals surface area contributed by atoms with Crippen LogP contribution in [0.4, 0.5) is 0 Å². The number of hydrogen-bond donors (Lipinski definition) is 0. The zero-order valence-corrected chi connectivity index (χ0v) is 12.4. The van der Waals surface area contributed by atoms with E-state index in [-0.39, 0.29) is 0 Å². The molecule has 0 fully saturated rings. The van der Waals surface area contributed by atoms with Gasteiger partial charge in [0.2, 0.25) is 5.89 Å². The second-order valence-electron chi connectivity index (χ2n) is 4.57. The summed E-state index contributed by atoms with van der Waals surface area (Å²) in [6.07, 6.45) is 3.78. The normalized spacial score (nSPS) is 11.1. The number of aromatic nitrogens is 2. The lowest BCUT2D eigenvalue weighted by molar-refractivity contribution is 0.446. The van der Waals surface area contributed by atoms with Gasteiger partial charge in [-0.2, -0.15) is 0 Å². The molecule has 0 saturated carbocycles. The minimum atomic E-state index is 0.508. The number of nitrogens with zero attached hydrogens (tertiary/aromatic N) is 2. The number of benzene rings is 2. The molecular weight excluding hydrogens is 280 g/mol. The summed E-state index contributed by atoms with van der Waals surface area (Å²) in [6.45, 7) is 2.06. The predicted octanol–water partition coefficient (Wildman–Crippen LogP) is 4.70. The van der Waals surface area contributed by atoms with Crippen molar-refractivity contribution >= 4 is 23.9 Å². The molecule has 1 heterocycles. The van der Waals surface area contributed by atoms with E-state index < -0.39 is 0 Å². The fourth-order valence-corrected chi connectivity index (χ4v) is 2.64. The second kappa shape index (κ2) is 6.41. The molecule has 0 spiro atoms. The SMILES string of the molecule is Cc1cccc(Sc2nnc(/C=C/c3ccccc3)o2)c1. The van der Waals surface area contributed by atoms with Gasteiger partial charge in [0.05, 0.1) is 0 Å². The van der Waals surface area contributed by atoms with Gasteiger partial charge in [-0.1, -0.05) is 48.0 Å². The molecule has 3 rings (SSSR count). The Morgan fingerprint density at radius 3 is 2.62 bits per heavy atom. The maximum absolute atomic E-state index is 5.60. The summed E-state index contributed by atoms with van der Waals surface area (Å²) in [5, 5.41) is 8.62. The van der Waals surface area contributed by atoms with Crippen molar-refractivity contribution in [2.75, 3.05) is 0 Å². The van der Waals surface area contributed by atoms with E-state index in [2.05, 4.69) is 29.3 Å². The Bertz CT molecular complexity index is 750. The van der Waals surface area contributed by atoms with Gasteiger partial charge in [-0.05, 0) is 42.5 Å². The zero-order chi connectivity index (χ0) is 14.5. The first-order chi connectivity index (χ1) is 10.3. The second-order valence-corrected chi connectivity index (χ2v) is 5.59. The number of rotatable bonds is 4. The molecule has 0 radical (unpaired) electrons. The minimum Gasteiger partial charge on any atom is -0.412 e. The molecule has 3 nitrogen and oxygen atoms in total. The molecule has 0 unspecified atom stereocenters. The Balaban J connectivity index is 1.70. The van der Waals surface area contributed by atoms with E-state index in [4.69, 9.17) is 4.42 Å². The maximum atomic E-state index is 5.60.